The van der Waals surface area contributed by atoms with Gasteiger partial charge in [0.15, 0.2) is 0 Å². The summed E-state index contributed by atoms with van der Waals surface area (Å²) in [5.41, 5.74) is 8.70. The molecule has 5 N–H and O–H groups in total. The van der Waals surface area contributed by atoms with Crippen molar-refractivity contribution >= 4 is 29.6 Å². The molecule has 0 spiro atoms. The van der Waals surface area contributed by atoms with Crippen molar-refractivity contribution in [1.29, 1.82) is 5.41 Å². The fourth-order valence-electron chi connectivity index (χ4n) is 5.08. The maximum atomic E-state index is 13.7. The summed E-state index contributed by atoms with van der Waals surface area (Å²) >= 11 is 0. The molecule has 0 saturated carbocycles. The summed E-state index contributed by atoms with van der Waals surface area (Å²) in [7, 11) is 0. The molecule has 0 aliphatic carbocycles. The number of hydrogen-bond acceptors (Lipinski definition) is 7. The number of aliphatic imine (C=N–C) groups is 2. The summed E-state index contributed by atoms with van der Waals surface area (Å²) in [5.74, 6) is 1.18. The Hall–Kier alpha value is -4.20. The number of guanidine groups is 1. The van der Waals surface area contributed by atoms with E-state index >= 15 is 0 Å². The van der Waals surface area contributed by atoms with E-state index in [1.807, 2.05) is 32.9 Å². The normalized spacial score (nSPS) is 17.5. The highest BCUT2D eigenvalue weighted by atomic mass is 16.1. The number of aryl methyl sites for hydroxylation is 3. The molecule has 2 unspecified atom stereocenters. The zero-order chi connectivity index (χ0) is 28.1. The first-order valence-electron chi connectivity index (χ1n) is 13.6. The molecule has 0 fully saturated rings. The lowest BCUT2D eigenvalue weighted by molar-refractivity contribution is -0.118. The number of rotatable bonds is 8. The summed E-state index contributed by atoms with van der Waals surface area (Å²) < 4.78 is 0. The molecule has 0 aromatic heterocycles. The van der Waals surface area contributed by atoms with E-state index in [0.717, 1.165) is 46.9 Å². The first kappa shape index (κ1) is 27.8. The number of nitrogens with zero attached hydrogens (tertiary/aromatic N) is 2. The predicted molar refractivity (Wildman–Crippen MR) is 160 cm³/mol. The van der Waals surface area contributed by atoms with Crippen molar-refractivity contribution in [2.24, 2.45) is 9.98 Å². The Morgan fingerprint density at radius 1 is 1.21 bits per heavy atom. The minimum atomic E-state index is -0.502. The number of benzene rings is 2. The molecule has 1 amide bonds. The zero-order valence-electron chi connectivity index (χ0n) is 23.7. The highest BCUT2D eigenvalue weighted by Crippen LogP contribution is 2.34. The number of amidine groups is 1. The van der Waals surface area contributed by atoms with Crippen molar-refractivity contribution in [3.8, 4) is 0 Å². The van der Waals surface area contributed by atoms with E-state index < -0.39 is 6.04 Å². The van der Waals surface area contributed by atoms with Gasteiger partial charge in [-0.2, -0.15) is 0 Å². The standard InChI is InChI=1S/C31H39N7O/c1-7-22-10-9-11-26-25(22)15-27(36-26)37-31-35-21(6)28(29(38-31)24-13-12-18(3)14-19(24)4)30(39)34-20(5)23(16-32)17-33-8-2/h9-14,16-17,20,29,32-33H,7-8,15H2,1-6H3,(H,34,39)(H2,35,36,37,38)/b23-17+,32-16?. The van der Waals surface area contributed by atoms with Gasteiger partial charge >= 0.3 is 0 Å². The van der Waals surface area contributed by atoms with Crippen LogP contribution in [0.5, 0.6) is 0 Å². The summed E-state index contributed by atoms with van der Waals surface area (Å²) in [5, 5.41) is 20.7. The van der Waals surface area contributed by atoms with Gasteiger partial charge in [-0.1, -0.05) is 42.8 Å². The Labute approximate surface area is 231 Å². The van der Waals surface area contributed by atoms with Crippen molar-refractivity contribution in [2.45, 2.75) is 66.5 Å². The minimum absolute atomic E-state index is 0.220. The van der Waals surface area contributed by atoms with Crippen molar-refractivity contribution in [3.05, 3.63) is 87.3 Å². The molecule has 2 heterocycles. The van der Waals surface area contributed by atoms with Gasteiger partial charge < -0.3 is 26.7 Å². The van der Waals surface area contributed by atoms with Gasteiger partial charge in [-0.15, -0.1) is 0 Å². The molecule has 2 aliphatic rings. The summed E-state index contributed by atoms with van der Waals surface area (Å²) in [4.78, 5) is 23.5. The second kappa shape index (κ2) is 12.1. The van der Waals surface area contributed by atoms with Crippen LogP contribution in [0.3, 0.4) is 0 Å². The topological polar surface area (TPSA) is 114 Å². The summed E-state index contributed by atoms with van der Waals surface area (Å²) in [6.07, 6.45) is 4.71. The van der Waals surface area contributed by atoms with E-state index in [-0.39, 0.29) is 11.9 Å². The number of carbonyl (C=O) groups excluding carboxylic acids is 1. The Kier molecular flexibility index (Phi) is 8.64. The SMILES string of the molecule is CCN/C=C(\C=N)C(C)NC(=O)C1=C(C)NC(NC2=Nc3cccc(CC)c3C2)=NC1c1ccc(C)cc1C. The van der Waals surface area contributed by atoms with Gasteiger partial charge in [0.05, 0.1) is 17.3 Å². The molecule has 0 saturated heterocycles. The van der Waals surface area contributed by atoms with Crippen LogP contribution in [-0.4, -0.2) is 36.5 Å². The van der Waals surface area contributed by atoms with Crippen LogP contribution in [0.4, 0.5) is 5.69 Å². The van der Waals surface area contributed by atoms with E-state index in [1.54, 1.807) is 6.20 Å². The van der Waals surface area contributed by atoms with Crippen LogP contribution in [0.25, 0.3) is 0 Å². The van der Waals surface area contributed by atoms with Gasteiger partial charge in [0, 0.05) is 36.7 Å². The predicted octanol–water partition coefficient (Wildman–Crippen LogP) is 4.66. The molecule has 2 aromatic carbocycles. The second-order valence-electron chi connectivity index (χ2n) is 10.1. The van der Waals surface area contributed by atoms with Crippen molar-refractivity contribution < 1.29 is 4.79 Å². The van der Waals surface area contributed by atoms with Gasteiger partial charge in [0.25, 0.3) is 5.91 Å². The first-order valence-corrected chi connectivity index (χ1v) is 13.6. The molecule has 2 aromatic rings. The van der Waals surface area contributed by atoms with E-state index in [1.165, 1.54) is 17.3 Å². The van der Waals surface area contributed by atoms with Gasteiger partial charge in [0.1, 0.15) is 11.9 Å². The third kappa shape index (κ3) is 6.11. The van der Waals surface area contributed by atoms with Gasteiger partial charge in [-0.25, -0.2) is 9.98 Å². The fourth-order valence-corrected chi connectivity index (χ4v) is 5.08. The highest BCUT2D eigenvalue weighted by Gasteiger charge is 2.32. The van der Waals surface area contributed by atoms with Crippen LogP contribution >= 0.6 is 0 Å². The number of hydrogen-bond donors (Lipinski definition) is 5. The highest BCUT2D eigenvalue weighted by molar-refractivity contribution is 6.06. The largest absolute Gasteiger partial charge is 0.391 e. The number of carbonyl (C=O) groups is 1. The lowest BCUT2D eigenvalue weighted by Crippen LogP contribution is -2.46. The molecule has 39 heavy (non-hydrogen) atoms. The lowest BCUT2D eigenvalue weighted by atomic mass is 9.91. The monoisotopic (exact) mass is 525 g/mol. The van der Waals surface area contributed by atoms with Crippen LogP contribution < -0.4 is 21.3 Å². The van der Waals surface area contributed by atoms with E-state index in [2.05, 4.69) is 66.3 Å². The van der Waals surface area contributed by atoms with Crippen molar-refractivity contribution in [3.63, 3.8) is 0 Å². The summed E-state index contributed by atoms with van der Waals surface area (Å²) in [6.45, 7) is 12.8. The van der Waals surface area contributed by atoms with Crippen LogP contribution in [0.15, 0.2) is 69.4 Å². The quantitative estimate of drug-likeness (QED) is 0.323. The zero-order valence-corrected chi connectivity index (χ0v) is 23.7. The molecule has 8 nitrogen and oxygen atoms in total. The van der Waals surface area contributed by atoms with Crippen molar-refractivity contribution in [2.75, 3.05) is 6.54 Å². The van der Waals surface area contributed by atoms with E-state index in [0.29, 0.717) is 23.5 Å². The number of amides is 1. The smallest absolute Gasteiger partial charge is 0.251 e. The molecule has 4 rings (SSSR count). The fraction of sp³-hybridized carbons (Fsp3) is 0.355. The van der Waals surface area contributed by atoms with Crippen LogP contribution in [0.2, 0.25) is 0 Å². The van der Waals surface area contributed by atoms with E-state index in [9.17, 15) is 4.79 Å². The average molecular weight is 526 g/mol. The van der Waals surface area contributed by atoms with Crippen LogP contribution in [-0.2, 0) is 17.6 Å². The average Bonchev–Trinajstić information content (AvgIpc) is 3.31. The number of allylic oxidation sites excluding steroid dienone is 1. The number of nitrogens with one attached hydrogen (secondary N) is 5. The maximum Gasteiger partial charge on any atom is 0.251 e. The Bertz CT molecular complexity index is 1400. The molecule has 8 heteroatoms. The molecule has 0 radical (unpaired) electrons. The Morgan fingerprint density at radius 2 is 2.00 bits per heavy atom. The maximum absolute atomic E-state index is 13.7. The van der Waals surface area contributed by atoms with Gasteiger partial charge in [0.2, 0.25) is 5.96 Å². The van der Waals surface area contributed by atoms with Gasteiger partial charge in [-0.05, 0) is 69.4 Å². The molecule has 0 bridgehead atoms. The Morgan fingerprint density at radius 3 is 2.69 bits per heavy atom. The molecule has 2 atom stereocenters. The first-order chi connectivity index (χ1) is 18.7. The van der Waals surface area contributed by atoms with Gasteiger partial charge in [-0.3, -0.25) is 4.79 Å². The second-order valence-corrected chi connectivity index (χ2v) is 10.1. The van der Waals surface area contributed by atoms with Crippen LogP contribution in [0.1, 0.15) is 61.6 Å². The third-order valence-corrected chi connectivity index (χ3v) is 7.18. The van der Waals surface area contributed by atoms with Crippen LogP contribution in [0, 0.1) is 19.3 Å². The molecule has 2 aliphatic heterocycles. The summed E-state index contributed by atoms with van der Waals surface area (Å²) in [6, 6.07) is 11.6. The third-order valence-electron chi connectivity index (χ3n) is 7.18. The molecule has 204 valence electrons. The molecular formula is C31H39N7O. The van der Waals surface area contributed by atoms with Crippen molar-refractivity contribution in [1.82, 2.24) is 21.3 Å². The Balaban J connectivity index is 1.64. The molecular weight excluding hydrogens is 486 g/mol. The minimum Gasteiger partial charge on any atom is -0.391 e. The van der Waals surface area contributed by atoms with E-state index in [4.69, 9.17) is 15.4 Å². The lowest BCUT2D eigenvalue weighted by Gasteiger charge is -2.29. The number of fused-ring (bicyclic) bond motifs is 1.